The highest BCUT2D eigenvalue weighted by atomic mass is 32.2. The van der Waals surface area contributed by atoms with Crippen molar-refractivity contribution in [3.05, 3.63) is 46.4 Å². The van der Waals surface area contributed by atoms with E-state index in [1.54, 1.807) is 11.3 Å². The summed E-state index contributed by atoms with van der Waals surface area (Å²) in [6, 6.07) is 8.01. The Labute approximate surface area is 164 Å². The predicted molar refractivity (Wildman–Crippen MR) is 106 cm³/mol. The summed E-state index contributed by atoms with van der Waals surface area (Å²) < 4.78 is 7.37. The van der Waals surface area contributed by atoms with Gasteiger partial charge in [-0.2, -0.15) is 4.98 Å². The summed E-state index contributed by atoms with van der Waals surface area (Å²) in [5, 5.41) is 14.5. The smallest absolute Gasteiger partial charge is 0.257 e. The van der Waals surface area contributed by atoms with Crippen LogP contribution in [0.3, 0.4) is 0 Å². The molecular weight excluding hydrogens is 380 g/mol. The number of thiazole rings is 1. The third kappa shape index (κ3) is 3.65. The molecule has 0 amide bonds. The number of hydrogen-bond acceptors (Lipinski definition) is 8. The maximum absolute atomic E-state index is 5.39. The number of hydrogen-bond donors (Lipinski definition) is 0. The molecule has 0 radical (unpaired) electrons. The molecule has 4 aromatic rings. The van der Waals surface area contributed by atoms with Gasteiger partial charge in [-0.05, 0) is 32.9 Å². The first-order chi connectivity index (χ1) is 13.0. The SMILES string of the molecule is Cc1cccc(-c2nc(CSc3nnc(-c4sc(C)nc4C)n3C)no2)c1. The standard InChI is InChI=1S/C18H18N6OS2/c1-10-6-5-7-13(8-10)17-20-14(23-25-17)9-26-18-22-21-16(24(18)4)15-11(2)19-12(3)27-15/h5-8H,9H2,1-4H3. The summed E-state index contributed by atoms with van der Waals surface area (Å²) in [6.45, 7) is 6.02. The second-order valence-corrected chi connectivity index (χ2v) is 8.33. The number of aromatic nitrogens is 6. The number of rotatable bonds is 5. The Kier molecular flexibility index (Phi) is 4.79. The lowest BCUT2D eigenvalue weighted by Gasteiger charge is -2.01. The number of thioether (sulfide) groups is 1. The number of nitrogens with zero attached hydrogens (tertiary/aromatic N) is 6. The Morgan fingerprint density at radius 2 is 2.00 bits per heavy atom. The third-order valence-electron chi connectivity index (χ3n) is 4.01. The van der Waals surface area contributed by atoms with Crippen molar-refractivity contribution >= 4 is 23.1 Å². The van der Waals surface area contributed by atoms with E-state index in [0.717, 1.165) is 37.7 Å². The van der Waals surface area contributed by atoms with Crippen LogP contribution in [0.25, 0.3) is 22.2 Å². The lowest BCUT2D eigenvalue weighted by Crippen LogP contribution is -1.95. The van der Waals surface area contributed by atoms with Crippen LogP contribution in [0.15, 0.2) is 33.9 Å². The van der Waals surface area contributed by atoms with Crippen molar-refractivity contribution in [3.63, 3.8) is 0 Å². The van der Waals surface area contributed by atoms with Crippen molar-refractivity contribution in [2.24, 2.45) is 7.05 Å². The molecule has 0 aliphatic rings. The second-order valence-electron chi connectivity index (χ2n) is 6.19. The molecule has 0 bridgehead atoms. The molecule has 1 aromatic carbocycles. The maximum atomic E-state index is 5.39. The first-order valence-electron chi connectivity index (χ1n) is 8.37. The van der Waals surface area contributed by atoms with Crippen LogP contribution in [-0.2, 0) is 12.8 Å². The van der Waals surface area contributed by atoms with Gasteiger partial charge in [-0.1, -0.05) is 34.6 Å². The van der Waals surface area contributed by atoms with Crippen LogP contribution in [0.1, 0.15) is 22.1 Å². The molecule has 0 fully saturated rings. The molecule has 9 heteroatoms. The molecule has 138 valence electrons. The molecule has 7 nitrogen and oxygen atoms in total. The van der Waals surface area contributed by atoms with E-state index < -0.39 is 0 Å². The van der Waals surface area contributed by atoms with E-state index in [9.17, 15) is 0 Å². The molecule has 0 aliphatic heterocycles. The quantitative estimate of drug-likeness (QED) is 0.466. The molecule has 3 aromatic heterocycles. The van der Waals surface area contributed by atoms with Gasteiger partial charge in [0, 0.05) is 12.6 Å². The van der Waals surface area contributed by atoms with Crippen LogP contribution in [-0.4, -0.2) is 29.9 Å². The lowest BCUT2D eigenvalue weighted by atomic mass is 10.1. The molecule has 0 saturated heterocycles. The molecule has 0 N–H and O–H groups in total. The molecule has 0 aliphatic carbocycles. The highest BCUT2D eigenvalue weighted by Gasteiger charge is 2.17. The van der Waals surface area contributed by atoms with E-state index in [4.69, 9.17) is 4.52 Å². The van der Waals surface area contributed by atoms with Gasteiger partial charge in [0.2, 0.25) is 0 Å². The first-order valence-corrected chi connectivity index (χ1v) is 10.2. The van der Waals surface area contributed by atoms with Crippen molar-refractivity contribution in [2.45, 2.75) is 31.7 Å². The average molecular weight is 399 g/mol. The molecule has 0 atom stereocenters. The highest BCUT2D eigenvalue weighted by Crippen LogP contribution is 2.31. The third-order valence-corrected chi connectivity index (χ3v) is 6.09. The summed E-state index contributed by atoms with van der Waals surface area (Å²) in [4.78, 5) is 10.0. The van der Waals surface area contributed by atoms with Gasteiger partial charge in [-0.15, -0.1) is 21.5 Å². The predicted octanol–water partition coefficient (Wildman–Crippen LogP) is 4.21. The van der Waals surface area contributed by atoms with Gasteiger partial charge in [0.15, 0.2) is 16.8 Å². The van der Waals surface area contributed by atoms with Gasteiger partial charge >= 0.3 is 0 Å². The van der Waals surface area contributed by atoms with Crippen molar-refractivity contribution in [2.75, 3.05) is 0 Å². The average Bonchev–Trinajstić information content (AvgIpc) is 3.32. The molecule has 4 rings (SSSR count). The molecule has 3 heterocycles. The zero-order valence-electron chi connectivity index (χ0n) is 15.4. The zero-order chi connectivity index (χ0) is 19.0. The Bertz CT molecular complexity index is 1100. The molecule has 0 unspecified atom stereocenters. The van der Waals surface area contributed by atoms with E-state index in [2.05, 4.69) is 25.3 Å². The van der Waals surface area contributed by atoms with E-state index in [0.29, 0.717) is 17.5 Å². The monoisotopic (exact) mass is 398 g/mol. The Hall–Kier alpha value is -2.52. The van der Waals surface area contributed by atoms with Crippen LogP contribution in [0.2, 0.25) is 0 Å². The molecule has 0 spiro atoms. The summed E-state index contributed by atoms with van der Waals surface area (Å²) in [5.74, 6) is 2.55. The normalized spacial score (nSPS) is 11.3. The van der Waals surface area contributed by atoms with Gasteiger partial charge in [0.05, 0.1) is 21.3 Å². The van der Waals surface area contributed by atoms with Crippen LogP contribution in [0, 0.1) is 20.8 Å². The van der Waals surface area contributed by atoms with Crippen molar-refractivity contribution in [1.29, 1.82) is 0 Å². The van der Waals surface area contributed by atoms with E-state index >= 15 is 0 Å². The van der Waals surface area contributed by atoms with Gasteiger partial charge in [0.25, 0.3) is 5.89 Å². The minimum absolute atomic E-state index is 0.531. The summed E-state index contributed by atoms with van der Waals surface area (Å²) in [7, 11) is 1.96. The van der Waals surface area contributed by atoms with E-state index in [1.165, 1.54) is 11.8 Å². The summed E-state index contributed by atoms with van der Waals surface area (Å²) in [5.41, 5.74) is 3.06. The lowest BCUT2D eigenvalue weighted by molar-refractivity contribution is 0.425. The van der Waals surface area contributed by atoms with Gasteiger partial charge in [-0.25, -0.2) is 4.98 Å². The van der Waals surface area contributed by atoms with Crippen molar-refractivity contribution in [3.8, 4) is 22.2 Å². The van der Waals surface area contributed by atoms with Crippen molar-refractivity contribution < 1.29 is 4.52 Å². The fourth-order valence-electron chi connectivity index (χ4n) is 2.71. The van der Waals surface area contributed by atoms with Crippen LogP contribution < -0.4 is 0 Å². The Balaban J connectivity index is 1.49. The minimum atomic E-state index is 0.531. The summed E-state index contributed by atoms with van der Waals surface area (Å²) >= 11 is 3.16. The topological polar surface area (TPSA) is 82.5 Å². The van der Waals surface area contributed by atoms with E-state index in [1.807, 2.05) is 56.7 Å². The zero-order valence-corrected chi connectivity index (χ0v) is 17.1. The summed E-state index contributed by atoms with van der Waals surface area (Å²) in [6.07, 6.45) is 0. The second kappa shape index (κ2) is 7.24. The number of benzene rings is 1. The highest BCUT2D eigenvalue weighted by molar-refractivity contribution is 7.98. The Morgan fingerprint density at radius 3 is 2.74 bits per heavy atom. The molecule has 27 heavy (non-hydrogen) atoms. The van der Waals surface area contributed by atoms with Crippen molar-refractivity contribution in [1.82, 2.24) is 29.9 Å². The minimum Gasteiger partial charge on any atom is -0.334 e. The fraction of sp³-hybridized carbons (Fsp3) is 0.278. The largest absolute Gasteiger partial charge is 0.334 e. The first kappa shape index (κ1) is 17.9. The van der Waals surface area contributed by atoms with Gasteiger partial charge in [0.1, 0.15) is 0 Å². The number of aryl methyl sites for hydroxylation is 3. The van der Waals surface area contributed by atoms with Gasteiger partial charge in [-0.3, -0.25) is 0 Å². The molecule has 0 saturated carbocycles. The van der Waals surface area contributed by atoms with Crippen LogP contribution in [0.5, 0.6) is 0 Å². The molecular formula is C18H18N6OS2. The maximum Gasteiger partial charge on any atom is 0.257 e. The van der Waals surface area contributed by atoms with Crippen LogP contribution in [0.4, 0.5) is 0 Å². The fourth-order valence-corrected chi connectivity index (χ4v) is 4.41. The van der Waals surface area contributed by atoms with E-state index in [-0.39, 0.29) is 0 Å². The van der Waals surface area contributed by atoms with Gasteiger partial charge < -0.3 is 9.09 Å². The van der Waals surface area contributed by atoms with Crippen LogP contribution >= 0.6 is 23.1 Å². The Morgan fingerprint density at radius 1 is 1.15 bits per heavy atom.